The molecule has 0 radical (unpaired) electrons. The second-order valence-corrected chi connectivity index (χ2v) is 6.82. The second-order valence-electron chi connectivity index (χ2n) is 5.94. The van der Waals surface area contributed by atoms with E-state index in [-0.39, 0.29) is 48.3 Å². The number of carbonyl (C=O) groups excluding carboxylic acids is 4. The Morgan fingerprint density at radius 3 is 2.70 bits per heavy atom. The minimum Gasteiger partial charge on any atom is -0.480 e. The van der Waals surface area contributed by atoms with E-state index in [1.165, 1.54) is 16.5 Å². The lowest BCUT2D eigenvalue weighted by atomic mass is 10.2. The quantitative estimate of drug-likeness (QED) is 0.656. The van der Waals surface area contributed by atoms with Gasteiger partial charge in [0.2, 0.25) is 5.91 Å². The molecular formula is C19H19N3O7S. The van der Waals surface area contributed by atoms with E-state index in [1.54, 1.807) is 26.0 Å². The van der Waals surface area contributed by atoms with Crippen molar-refractivity contribution in [2.75, 3.05) is 36.6 Å². The third-order valence-corrected chi connectivity index (χ3v) is 4.87. The van der Waals surface area contributed by atoms with Crippen LogP contribution in [0.4, 0.5) is 10.8 Å². The zero-order valence-corrected chi connectivity index (χ0v) is 17.1. The molecule has 2 aromatic heterocycles. The number of esters is 2. The molecule has 30 heavy (non-hydrogen) atoms. The fraction of sp³-hybridized carbons (Fsp3) is 0.316. The van der Waals surface area contributed by atoms with Crippen LogP contribution in [0.2, 0.25) is 0 Å². The molecule has 0 saturated heterocycles. The van der Waals surface area contributed by atoms with Gasteiger partial charge in [0.25, 0.3) is 5.91 Å². The van der Waals surface area contributed by atoms with Crippen molar-refractivity contribution in [3.05, 3.63) is 34.8 Å². The number of aromatic nitrogens is 1. The summed E-state index contributed by atoms with van der Waals surface area (Å²) in [6.45, 7) is 2.93. The highest BCUT2D eigenvalue weighted by Gasteiger charge is 2.30. The van der Waals surface area contributed by atoms with Gasteiger partial charge in [0.15, 0.2) is 18.2 Å². The Morgan fingerprint density at radius 2 is 1.97 bits per heavy atom. The van der Waals surface area contributed by atoms with Gasteiger partial charge in [-0.3, -0.25) is 14.5 Å². The summed E-state index contributed by atoms with van der Waals surface area (Å²) in [4.78, 5) is 54.7. The largest absolute Gasteiger partial charge is 0.480 e. The molecular weight excluding hydrogens is 414 g/mol. The van der Waals surface area contributed by atoms with Crippen molar-refractivity contribution in [2.24, 2.45) is 0 Å². The molecule has 158 valence electrons. The van der Waals surface area contributed by atoms with Crippen LogP contribution >= 0.6 is 11.3 Å². The molecule has 0 fully saturated rings. The van der Waals surface area contributed by atoms with Crippen LogP contribution in [0, 0.1) is 0 Å². The number of rotatable bonds is 7. The number of ether oxygens (including phenoxy) is 3. The lowest BCUT2D eigenvalue weighted by Crippen LogP contribution is -2.44. The van der Waals surface area contributed by atoms with Crippen LogP contribution in [0.3, 0.4) is 0 Å². The number of hydrogen-bond acceptors (Lipinski definition) is 9. The van der Waals surface area contributed by atoms with Crippen LogP contribution in [0.1, 0.15) is 34.6 Å². The van der Waals surface area contributed by atoms with Crippen molar-refractivity contribution < 1.29 is 33.4 Å². The Hall–Kier alpha value is -3.47. The van der Waals surface area contributed by atoms with E-state index >= 15 is 0 Å². The summed E-state index contributed by atoms with van der Waals surface area (Å²) in [6, 6.07) is 3.30. The number of nitrogens with zero attached hydrogens (tertiary/aromatic N) is 2. The number of fused-ring (bicyclic) bond motifs is 1. The van der Waals surface area contributed by atoms with Gasteiger partial charge in [0.1, 0.15) is 17.1 Å². The Labute approximate surface area is 175 Å². The van der Waals surface area contributed by atoms with Gasteiger partial charge in [-0.1, -0.05) is 0 Å². The molecule has 1 N–H and O–H groups in total. The minimum absolute atomic E-state index is 0.00469. The first kappa shape index (κ1) is 21.2. The third-order valence-electron chi connectivity index (χ3n) is 3.98. The standard InChI is InChI=1S/C19H19N3O7S/c1-3-27-18(25)11-10-30-17(15(11)19(26)28-4-2)21-13(23)8-22-14(24)9-29-12-6-5-7-20-16(12)22/h5-7,10H,3-4,8-9H2,1-2H3,(H,21,23). The van der Waals surface area contributed by atoms with Gasteiger partial charge < -0.3 is 19.5 Å². The van der Waals surface area contributed by atoms with E-state index < -0.39 is 23.8 Å². The summed E-state index contributed by atoms with van der Waals surface area (Å²) in [5.74, 6) is -1.85. The van der Waals surface area contributed by atoms with E-state index in [4.69, 9.17) is 14.2 Å². The molecule has 0 spiro atoms. The number of thiophene rings is 1. The SMILES string of the molecule is CCOC(=O)c1csc(NC(=O)CN2C(=O)COc3cccnc32)c1C(=O)OCC. The van der Waals surface area contributed by atoms with Crippen molar-refractivity contribution in [3.8, 4) is 5.75 Å². The van der Waals surface area contributed by atoms with Crippen LogP contribution in [0.25, 0.3) is 0 Å². The molecule has 0 bridgehead atoms. The lowest BCUT2D eigenvalue weighted by molar-refractivity contribution is -0.123. The highest BCUT2D eigenvalue weighted by atomic mass is 32.1. The number of carbonyl (C=O) groups is 4. The van der Waals surface area contributed by atoms with Crippen molar-refractivity contribution in [2.45, 2.75) is 13.8 Å². The molecule has 0 aromatic carbocycles. The number of hydrogen-bond donors (Lipinski definition) is 1. The van der Waals surface area contributed by atoms with E-state index in [0.29, 0.717) is 5.75 Å². The first-order valence-corrected chi connectivity index (χ1v) is 9.97. The van der Waals surface area contributed by atoms with Gasteiger partial charge in [-0.2, -0.15) is 0 Å². The van der Waals surface area contributed by atoms with Crippen LogP contribution in [0.5, 0.6) is 5.75 Å². The maximum Gasteiger partial charge on any atom is 0.342 e. The van der Waals surface area contributed by atoms with Gasteiger partial charge in [-0.15, -0.1) is 11.3 Å². The summed E-state index contributed by atoms with van der Waals surface area (Å²) in [7, 11) is 0. The molecule has 1 aliphatic heterocycles. The van der Waals surface area contributed by atoms with E-state index in [2.05, 4.69) is 10.3 Å². The normalized spacial score (nSPS) is 12.6. The second kappa shape index (κ2) is 9.35. The highest BCUT2D eigenvalue weighted by molar-refractivity contribution is 7.15. The number of nitrogens with one attached hydrogen (secondary N) is 1. The molecule has 3 rings (SSSR count). The average Bonchev–Trinajstić information content (AvgIpc) is 3.14. The highest BCUT2D eigenvalue weighted by Crippen LogP contribution is 2.31. The van der Waals surface area contributed by atoms with Gasteiger partial charge in [-0.05, 0) is 26.0 Å². The summed E-state index contributed by atoms with van der Waals surface area (Å²) >= 11 is 0.984. The van der Waals surface area contributed by atoms with Gasteiger partial charge in [0, 0.05) is 11.6 Å². The molecule has 11 heteroatoms. The van der Waals surface area contributed by atoms with Crippen molar-refractivity contribution in [3.63, 3.8) is 0 Å². The molecule has 0 unspecified atom stereocenters. The number of pyridine rings is 1. The first-order chi connectivity index (χ1) is 14.5. The molecule has 3 heterocycles. The third kappa shape index (κ3) is 4.40. The van der Waals surface area contributed by atoms with Crippen LogP contribution < -0.4 is 15.0 Å². The summed E-state index contributed by atoms with van der Waals surface area (Å²) in [5, 5.41) is 4.12. The molecule has 2 aromatic rings. The lowest BCUT2D eigenvalue weighted by Gasteiger charge is -2.27. The first-order valence-electron chi connectivity index (χ1n) is 9.10. The summed E-state index contributed by atoms with van der Waals surface area (Å²) < 4.78 is 15.3. The molecule has 0 saturated carbocycles. The fourth-order valence-electron chi connectivity index (χ4n) is 2.72. The number of anilines is 2. The Kier molecular flexibility index (Phi) is 6.62. The maximum absolute atomic E-state index is 12.6. The van der Waals surface area contributed by atoms with Crippen molar-refractivity contribution in [1.82, 2.24) is 4.98 Å². The molecule has 0 atom stereocenters. The zero-order chi connectivity index (χ0) is 21.7. The molecule has 2 amide bonds. The fourth-order valence-corrected chi connectivity index (χ4v) is 3.65. The zero-order valence-electron chi connectivity index (χ0n) is 16.3. The van der Waals surface area contributed by atoms with E-state index in [1.807, 2.05) is 0 Å². The van der Waals surface area contributed by atoms with Crippen molar-refractivity contribution >= 4 is 45.9 Å². The maximum atomic E-state index is 12.6. The molecule has 1 aliphatic rings. The Morgan fingerprint density at radius 1 is 1.23 bits per heavy atom. The van der Waals surface area contributed by atoms with Gasteiger partial charge in [-0.25, -0.2) is 14.6 Å². The molecule has 0 aliphatic carbocycles. The van der Waals surface area contributed by atoms with Crippen LogP contribution in [-0.4, -0.2) is 55.1 Å². The topological polar surface area (TPSA) is 124 Å². The number of amides is 2. The summed E-state index contributed by atoms with van der Waals surface area (Å²) in [5.41, 5.74) is -0.0782. The summed E-state index contributed by atoms with van der Waals surface area (Å²) in [6.07, 6.45) is 1.48. The smallest absolute Gasteiger partial charge is 0.342 e. The van der Waals surface area contributed by atoms with Gasteiger partial charge >= 0.3 is 11.9 Å². The predicted octanol–water partition coefficient (Wildman–Crippen LogP) is 1.86. The minimum atomic E-state index is -0.758. The Bertz CT molecular complexity index is 988. The average molecular weight is 433 g/mol. The monoisotopic (exact) mass is 433 g/mol. The van der Waals surface area contributed by atoms with Crippen LogP contribution in [0.15, 0.2) is 23.7 Å². The van der Waals surface area contributed by atoms with E-state index in [0.717, 1.165) is 11.3 Å². The Balaban J connectivity index is 1.82. The predicted molar refractivity (Wildman–Crippen MR) is 107 cm³/mol. The van der Waals surface area contributed by atoms with E-state index in [9.17, 15) is 19.2 Å². The molecule has 10 nitrogen and oxygen atoms in total. The van der Waals surface area contributed by atoms with Crippen LogP contribution in [-0.2, 0) is 19.1 Å². The van der Waals surface area contributed by atoms with Crippen molar-refractivity contribution in [1.29, 1.82) is 0 Å². The van der Waals surface area contributed by atoms with Gasteiger partial charge in [0.05, 0.1) is 18.8 Å².